The van der Waals surface area contributed by atoms with Crippen molar-refractivity contribution in [2.45, 2.75) is 66.1 Å². The summed E-state index contributed by atoms with van der Waals surface area (Å²) in [6, 6.07) is 20.9. The van der Waals surface area contributed by atoms with E-state index in [0.29, 0.717) is 17.1 Å². The average molecular weight is 650 g/mol. The van der Waals surface area contributed by atoms with Gasteiger partial charge in [-0.25, -0.2) is 0 Å². The predicted octanol–water partition coefficient (Wildman–Crippen LogP) is 8.67. The molecule has 0 aliphatic carbocycles. The molecular weight excluding hydrogens is 583 g/mol. The zero-order valence-corrected chi connectivity index (χ0v) is 30.8. The van der Waals surface area contributed by atoms with Crippen molar-refractivity contribution in [1.29, 1.82) is 0 Å². The monoisotopic (exact) mass is 650 g/mol. The molecule has 7 N–H and O–H groups in total. The van der Waals surface area contributed by atoms with Crippen molar-refractivity contribution in [1.82, 2.24) is 10.2 Å². The SMILES string of the molecule is C=C(NCC(CCCN)C(=C)N1CCSC(C(=C)C)C1)C(C)Cc1ccccc1.C=CN.C=CN.CC(C)C.Cc1ccccc1. The number of allylic oxidation sites excluding steroid dienone is 1. The molecule has 1 saturated heterocycles. The van der Waals surface area contributed by atoms with Crippen molar-refractivity contribution < 1.29 is 0 Å². The molecule has 1 aliphatic rings. The van der Waals surface area contributed by atoms with E-state index in [1.165, 1.54) is 34.8 Å². The summed E-state index contributed by atoms with van der Waals surface area (Å²) in [7, 11) is 0. The van der Waals surface area contributed by atoms with Gasteiger partial charge in [-0.3, -0.25) is 0 Å². The van der Waals surface area contributed by atoms with Crippen LogP contribution in [0.25, 0.3) is 0 Å². The Morgan fingerprint density at radius 3 is 1.89 bits per heavy atom. The third-order valence-electron chi connectivity index (χ3n) is 6.75. The van der Waals surface area contributed by atoms with Crippen molar-refractivity contribution in [3.63, 3.8) is 0 Å². The van der Waals surface area contributed by atoms with Crippen LogP contribution in [0.3, 0.4) is 0 Å². The molecule has 258 valence electrons. The Morgan fingerprint density at radius 2 is 1.46 bits per heavy atom. The highest BCUT2D eigenvalue weighted by atomic mass is 32.2. The summed E-state index contributed by atoms with van der Waals surface area (Å²) in [4.78, 5) is 2.47. The second kappa shape index (κ2) is 29.1. The standard InChI is InChI=1S/C25H39N3S.C7H8.C4H10.2C2H5N/c1-19(2)25-18-28(14-15-29-25)22(5)24(12-9-13-26)17-27-21(4)20(3)16-23-10-7-6-8-11-23;1-7-5-3-2-4-6-7;1-4(2)3;2*1-2-3/h6-8,10-11,20,24-25,27H,1,4-5,9,12-18,26H2,2-3H3;2-6H,1H3;4H,1-3H3;2*2H,1,3H2. The average Bonchev–Trinajstić information content (AvgIpc) is 3.02. The quantitative estimate of drug-likeness (QED) is 0.172. The molecule has 2 aromatic rings. The zero-order valence-electron chi connectivity index (χ0n) is 30.0. The molecule has 5 nitrogen and oxygen atoms in total. The Labute approximate surface area is 288 Å². The normalized spacial score (nSPS) is 14.4. The topological polar surface area (TPSA) is 93.3 Å². The maximum Gasteiger partial charge on any atom is 0.0427 e. The molecule has 3 rings (SSSR count). The van der Waals surface area contributed by atoms with Crippen LogP contribution in [0.2, 0.25) is 0 Å². The highest BCUT2D eigenvalue weighted by Gasteiger charge is 2.25. The van der Waals surface area contributed by atoms with Crippen LogP contribution in [0.4, 0.5) is 0 Å². The smallest absolute Gasteiger partial charge is 0.0427 e. The Balaban J connectivity index is 0. The molecule has 2 aromatic carbocycles. The van der Waals surface area contributed by atoms with Crippen LogP contribution in [0.5, 0.6) is 0 Å². The van der Waals surface area contributed by atoms with Gasteiger partial charge >= 0.3 is 0 Å². The van der Waals surface area contributed by atoms with E-state index in [9.17, 15) is 0 Å². The van der Waals surface area contributed by atoms with Gasteiger partial charge in [0.25, 0.3) is 0 Å². The van der Waals surface area contributed by atoms with Gasteiger partial charge in [0.2, 0.25) is 0 Å². The van der Waals surface area contributed by atoms with Gasteiger partial charge in [-0.1, -0.05) is 132 Å². The fraction of sp³-hybridized carbons (Fsp3) is 0.450. The first-order valence-electron chi connectivity index (χ1n) is 16.4. The zero-order chi connectivity index (χ0) is 35.3. The molecule has 3 atom stereocenters. The second-order valence-electron chi connectivity index (χ2n) is 12.1. The first-order valence-corrected chi connectivity index (χ1v) is 17.5. The molecule has 1 aliphatic heterocycles. The lowest BCUT2D eigenvalue weighted by atomic mass is 9.96. The highest BCUT2D eigenvalue weighted by Crippen LogP contribution is 2.29. The molecule has 46 heavy (non-hydrogen) atoms. The molecule has 0 spiro atoms. The Bertz CT molecular complexity index is 1060. The van der Waals surface area contributed by atoms with Gasteiger partial charge in [-0.05, 0) is 69.5 Å². The second-order valence-corrected chi connectivity index (χ2v) is 13.4. The van der Waals surface area contributed by atoms with E-state index in [1.54, 1.807) is 0 Å². The molecule has 0 radical (unpaired) electrons. The first-order chi connectivity index (χ1) is 21.9. The van der Waals surface area contributed by atoms with Crippen LogP contribution in [0.1, 0.15) is 58.6 Å². The number of thioether (sulfide) groups is 1. The van der Waals surface area contributed by atoms with E-state index >= 15 is 0 Å². The third kappa shape index (κ3) is 24.0. The summed E-state index contributed by atoms with van der Waals surface area (Å²) in [6.07, 6.45) is 5.58. The summed E-state index contributed by atoms with van der Waals surface area (Å²) in [5.74, 6) is 2.74. The van der Waals surface area contributed by atoms with Crippen molar-refractivity contribution in [3.05, 3.63) is 134 Å². The lowest BCUT2D eigenvalue weighted by molar-refractivity contribution is 0.304. The summed E-state index contributed by atoms with van der Waals surface area (Å²) < 4.78 is 0. The number of rotatable bonds is 12. The van der Waals surface area contributed by atoms with Gasteiger partial charge in [0.1, 0.15) is 0 Å². The third-order valence-corrected chi connectivity index (χ3v) is 8.12. The summed E-state index contributed by atoms with van der Waals surface area (Å²) in [6.45, 7) is 35.9. The van der Waals surface area contributed by atoms with Crippen molar-refractivity contribution in [2.75, 3.05) is 31.9 Å². The van der Waals surface area contributed by atoms with E-state index in [0.717, 1.165) is 62.8 Å². The predicted molar refractivity (Wildman–Crippen MR) is 210 cm³/mol. The minimum absolute atomic E-state index is 0.382. The first kappa shape index (κ1) is 44.8. The number of nitrogens with zero attached hydrogens (tertiary/aromatic N) is 1. The van der Waals surface area contributed by atoms with E-state index in [2.05, 4.69) is 139 Å². The van der Waals surface area contributed by atoms with E-state index in [1.807, 2.05) is 30.0 Å². The van der Waals surface area contributed by atoms with Crippen LogP contribution in [-0.4, -0.2) is 42.1 Å². The van der Waals surface area contributed by atoms with Crippen LogP contribution in [0.15, 0.2) is 123 Å². The Hall–Kier alpha value is -3.35. The number of aryl methyl sites for hydroxylation is 1. The van der Waals surface area contributed by atoms with Gasteiger partial charge in [0.05, 0.1) is 0 Å². The highest BCUT2D eigenvalue weighted by molar-refractivity contribution is 8.00. The number of nitrogens with two attached hydrogens (primary N) is 3. The molecule has 0 aromatic heterocycles. The molecular formula is C40H67N5S. The molecule has 0 saturated carbocycles. The molecule has 1 heterocycles. The van der Waals surface area contributed by atoms with Crippen LogP contribution >= 0.6 is 11.8 Å². The van der Waals surface area contributed by atoms with Crippen LogP contribution in [-0.2, 0) is 6.42 Å². The minimum Gasteiger partial charge on any atom is -0.405 e. The van der Waals surface area contributed by atoms with Crippen molar-refractivity contribution >= 4 is 11.8 Å². The van der Waals surface area contributed by atoms with Gasteiger partial charge in [-0.15, -0.1) is 0 Å². The van der Waals surface area contributed by atoms with Gasteiger partial charge in [-0.2, -0.15) is 11.8 Å². The molecule has 0 bridgehead atoms. The van der Waals surface area contributed by atoms with E-state index in [4.69, 9.17) is 5.73 Å². The number of nitrogens with one attached hydrogen (secondary N) is 1. The molecule has 1 fully saturated rings. The van der Waals surface area contributed by atoms with Crippen LogP contribution in [0, 0.1) is 24.7 Å². The summed E-state index contributed by atoms with van der Waals surface area (Å²) >= 11 is 2.01. The van der Waals surface area contributed by atoms with Gasteiger partial charge < -0.3 is 27.4 Å². The summed E-state index contributed by atoms with van der Waals surface area (Å²) in [5.41, 5.74) is 21.3. The summed E-state index contributed by atoms with van der Waals surface area (Å²) in [5, 5.41) is 4.12. The Morgan fingerprint density at radius 1 is 0.957 bits per heavy atom. The lowest BCUT2D eigenvalue weighted by Gasteiger charge is -2.38. The van der Waals surface area contributed by atoms with Crippen molar-refractivity contribution in [2.24, 2.45) is 35.0 Å². The fourth-order valence-electron chi connectivity index (χ4n) is 4.27. The van der Waals surface area contributed by atoms with E-state index < -0.39 is 0 Å². The van der Waals surface area contributed by atoms with E-state index in [-0.39, 0.29) is 0 Å². The molecule has 0 amide bonds. The number of benzene rings is 2. The van der Waals surface area contributed by atoms with Crippen LogP contribution < -0.4 is 22.5 Å². The fourth-order valence-corrected chi connectivity index (χ4v) is 5.45. The Kier molecular flexibility index (Phi) is 28.3. The van der Waals surface area contributed by atoms with Crippen molar-refractivity contribution in [3.8, 4) is 0 Å². The maximum absolute atomic E-state index is 5.81. The lowest BCUT2D eigenvalue weighted by Crippen LogP contribution is -2.41. The molecule has 3 unspecified atom stereocenters. The maximum atomic E-state index is 5.81. The molecule has 6 heteroatoms. The number of hydrogen-bond donors (Lipinski definition) is 4. The van der Waals surface area contributed by atoms with Gasteiger partial charge in [0.15, 0.2) is 0 Å². The largest absolute Gasteiger partial charge is 0.405 e. The minimum atomic E-state index is 0.382. The number of hydrogen-bond acceptors (Lipinski definition) is 6. The van der Waals surface area contributed by atoms with Gasteiger partial charge in [0, 0.05) is 47.9 Å².